The molecule has 0 aliphatic carbocycles. The summed E-state index contributed by atoms with van der Waals surface area (Å²) in [7, 11) is -3.47. The number of aromatic nitrogens is 2. The Kier molecular flexibility index (Phi) is 7.26. The summed E-state index contributed by atoms with van der Waals surface area (Å²) >= 11 is 9.74. The Morgan fingerprint density at radius 1 is 1.15 bits per heavy atom. The van der Waals surface area contributed by atoms with Gasteiger partial charge < -0.3 is 5.73 Å². The van der Waals surface area contributed by atoms with Gasteiger partial charge in [-0.15, -0.1) is 0 Å². The molecule has 2 N–H and O–H groups in total. The molecule has 0 saturated carbocycles. The standard InChI is InChI=1S/C23H26BrClN4O3S/c1-2-33(31,32)22-4-3-17(25)9-16(22)13-29-14-27-21-10-15(20(24)11-19(21)23(29)30)12-28-7-5-18(26)6-8-28/h3-4,9-11,14,18H,2,5-8,12-13,26H2,1H3. The van der Waals surface area contributed by atoms with Gasteiger partial charge in [0.25, 0.3) is 5.56 Å². The van der Waals surface area contributed by atoms with Crippen molar-refractivity contribution in [2.45, 2.75) is 43.8 Å². The van der Waals surface area contributed by atoms with Crippen LogP contribution in [0, 0.1) is 0 Å². The minimum atomic E-state index is -3.47. The summed E-state index contributed by atoms with van der Waals surface area (Å²) in [5.74, 6) is -0.0365. The van der Waals surface area contributed by atoms with Crippen molar-refractivity contribution in [2.75, 3.05) is 18.8 Å². The number of fused-ring (bicyclic) bond motifs is 1. The normalized spacial score (nSPS) is 15.9. The number of nitrogens with two attached hydrogens (primary N) is 1. The second-order valence-electron chi connectivity index (χ2n) is 8.41. The molecule has 0 atom stereocenters. The van der Waals surface area contributed by atoms with Crippen molar-refractivity contribution in [3.8, 4) is 0 Å². The zero-order valence-corrected chi connectivity index (χ0v) is 21.5. The smallest absolute Gasteiger partial charge is 0.261 e. The summed E-state index contributed by atoms with van der Waals surface area (Å²) in [6.07, 6.45) is 3.42. The second kappa shape index (κ2) is 9.84. The number of hydrogen-bond acceptors (Lipinski definition) is 6. The monoisotopic (exact) mass is 552 g/mol. The number of halogens is 2. The summed E-state index contributed by atoms with van der Waals surface area (Å²) in [6.45, 7) is 4.30. The highest BCUT2D eigenvalue weighted by Crippen LogP contribution is 2.25. The molecule has 7 nitrogen and oxygen atoms in total. The first-order valence-electron chi connectivity index (χ1n) is 10.8. The maximum absolute atomic E-state index is 13.2. The third-order valence-electron chi connectivity index (χ3n) is 6.10. The van der Waals surface area contributed by atoms with E-state index in [-0.39, 0.29) is 28.8 Å². The van der Waals surface area contributed by atoms with E-state index in [0.29, 0.717) is 21.5 Å². The minimum absolute atomic E-state index is 0.0365. The van der Waals surface area contributed by atoms with Crippen LogP contribution in [0.25, 0.3) is 10.9 Å². The van der Waals surface area contributed by atoms with Crippen LogP contribution in [0.5, 0.6) is 0 Å². The molecule has 0 unspecified atom stereocenters. The van der Waals surface area contributed by atoms with E-state index in [4.69, 9.17) is 17.3 Å². The molecule has 33 heavy (non-hydrogen) atoms. The molecule has 176 valence electrons. The Morgan fingerprint density at radius 2 is 1.88 bits per heavy atom. The van der Waals surface area contributed by atoms with Crippen LogP contribution in [0.2, 0.25) is 5.02 Å². The van der Waals surface area contributed by atoms with Crippen molar-refractivity contribution in [2.24, 2.45) is 5.73 Å². The van der Waals surface area contributed by atoms with Crippen molar-refractivity contribution in [3.05, 3.63) is 67.6 Å². The highest BCUT2D eigenvalue weighted by Gasteiger charge is 2.20. The van der Waals surface area contributed by atoms with Crippen molar-refractivity contribution in [3.63, 3.8) is 0 Å². The molecule has 1 aromatic heterocycles. The number of piperidine rings is 1. The summed E-state index contributed by atoms with van der Waals surface area (Å²) in [4.78, 5) is 20.3. The fourth-order valence-corrected chi connectivity index (χ4v) is 5.89. The Morgan fingerprint density at radius 3 is 2.58 bits per heavy atom. The molecule has 0 radical (unpaired) electrons. The summed E-state index contributed by atoms with van der Waals surface area (Å²) in [5, 5.41) is 0.878. The van der Waals surface area contributed by atoms with Crippen molar-refractivity contribution < 1.29 is 8.42 Å². The summed E-state index contributed by atoms with van der Waals surface area (Å²) in [5.41, 5.74) is 7.90. The van der Waals surface area contributed by atoms with E-state index in [1.54, 1.807) is 25.1 Å². The third-order valence-corrected chi connectivity index (χ3v) is 8.90. The van der Waals surface area contributed by atoms with E-state index >= 15 is 0 Å². The fourth-order valence-electron chi connectivity index (χ4n) is 4.12. The first kappa shape index (κ1) is 24.3. The van der Waals surface area contributed by atoms with Gasteiger partial charge in [0.05, 0.1) is 34.4 Å². The Labute approximate surface area is 206 Å². The molecule has 0 amide bonds. The number of nitrogens with zero attached hydrogens (tertiary/aromatic N) is 3. The molecule has 1 saturated heterocycles. The summed E-state index contributed by atoms with van der Waals surface area (Å²) < 4.78 is 27.3. The van der Waals surface area contributed by atoms with Crippen LogP contribution in [-0.4, -0.2) is 47.8 Å². The van der Waals surface area contributed by atoms with Gasteiger partial charge in [0.15, 0.2) is 9.84 Å². The predicted octanol–water partition coefficient (Wildman–Crippen LogP) is 3.58. The van der Waals surface area contributed by atoms with Crippen LogP contribution in [-0.2, 0) is 22.9 Å². The van der Waals surface area contributed by atoms with Crippen LogP contribution in [0.15, 0.2) is 50.8 Å². The SMILES string of the molecule is CCS(=O)(=O)c1ccc(Cl)cc1Cn1cnc2cc(CN3CCC(N)CC3)c(Br)cc2c1=O. The van der Waals surface area contributed by atoms with Gasteiger partial charge in [-0.25, -0.2) is 13.4 Å². The molecule has 2 heterocycles. The highest BCUT2D eigenvalue weighted by molar-refractivity contribution is 9.10. The number of likely N-dealkylation sites (tertiary alicyclic amines) is 1. The average molecular weight is 554 g/mol. The van der Waals surface area contributed by atoms with E-state index in [1.807, 2.05) is 6.07 Å². The zero-order valence-electron chi connectivity index (χ0n) is 18.3. The van der Waals surface area contributed by atoms with Gasteiger partial charge >= 0.3 is 0 Å². The molecular weight excluding hydrogens is 528 g/mol. The van der Waals surface area contributed by atoms with Gasteiger partial charge in [0, 0.05) is 22.1 Å². The lowest BCUT2D eigenvalue weighted by Crippen LogP contribution is -2.39. The number of hydrogen-bond donors (Lipinski definition) is 1. The van der Waals surface area contributed by atoms with Crippen molar-refractivity contribution >= 4 is 48.3 Å². The van der Waals surface area contributed by atoms with Crippen LogP contribution >= 0.6 is 27.5 Å². The van der Waals surface area contributed by atoms with Gasteiger partial charge in [-0.05, 0) is 67.4 Å². The number of benzene rings is 2. The lowest BCUT2D eigenvalue weighted by atomic mass is 10.0. The maximum Gasteiger partial charge on any atom is 0.261 e. The maximum atomic E-state index is 13.2. The molecule has 1 fully saturated rings. The van der Waals surface area contributed by atoms with Crippen LogP contribution in [0.4, 0.5) is 0 Å². The van der Waals surface area contributed by atoms with Crippen LogP contribution in [0.3, 0.4) is 0 Å². The number of rotatable bonds is 6. The average Bonchev–Trinajstić information content (AvgIpc) is 2.78. The Balaban J connectivity index is 1.67. The Bertz CT molecular complexity index is 1350. The highest BCUT2D eigenvalue weighted by atomic mass is 79.9. The van der Waals surface area contributed by atoms with Crippen molar-refractivity contribution in [1.29, 1.82) is 0 Å². The van der Waals surface area contributed by atoms with E-state index in [1.165, 1.54) is 17.0 Å². The van der Waals surface area contributed by atoms with Gasteiger partial charge in [-0.1, -0.05) is 34.5 Å². The van der Waals surface area contributed by atoms with Gasteiger partial charge in [-0.2, -0.15) is 0 Å². The van der Waals surface area contributed by atoms with E-state index in [9.17, 15) is 13.2 Å². The van der Waals surface area contributed by atoms with Crippen LogP contribution in [0.1, 0.15) is 30.9 Å². The molecular formula is C23H26BrClN4O3S. The quantitative estimate of drug-likeness (QED) is 0.501. The third kappa shape index (κ3) is 5.33. The minimum Gasteiger partial charge on any atom is -0.328 e. The fraction of sp³-hybridized carbons (Fsp3) is 0.391. The largest absolute Gasteiger partial charge is 0.328 e. The molecule has 1 aliphatic rings. The van der Waals surface area contributed by atoms with Crippen LogP contribution < -0.4 is 11.3 Å². The topological polar surface area (TPSA) is 98.3 Å². The lowest BCUT2D eigenvalue weighted by Gasteiger charge is -2.30. The van der Waals surface area contributed by atoms with Gasteiger partial charge in [0.1, 0.15) is 0 Å². The van der Waals surface area contributed by atoms with Gasteiger partial charge in [0.2, 0.25) is 0 Å². The molecule has 4 rings (SSSR count). The van der Waals surface area contributed by atoms with Crippen molar-refractivity contribution in [1.82, 2.24) is 14.5 Å². The molecule has 1 aliphatic heterocycles. The molecule has 0 spiro atoms. The predicted molar refractivity (Wildman–Crippen MR) is 134 cm³/mol. The zero-order chi connectivity index (χ0) is 23.8. The first-order valence-corrected chi connectivity index (χ1v) is 13.7. The first-order chi connectivity index (χ1) is 15.7. The molecule has 3 aromatic rings. The Hall–Kier alpha value is -1.78. The van der Waals surface area contributed by atoms with E-state index in [2.05, 4.69) is 25.8 Å². The molecule has 2 aromatic carbocycles. The van der Waals surface area contributed by atoms with E-state index < -0.39 is 9.84 Å². The molecule has 10 heteroatoms. The number of sulfone groups is 1. The molecule has 0 bridgehead atoms. The second-order valence-corrected chi connectivity index (χ2v) is 11.9. The lowest BCUT2D eigenvalue weighted by molar-refractivity contribution is 0.205. The van der Waals surface area contributed by atoms with E-state index in [0.717, 1.165) is 42.5 Å². The summed E-state index contributed by atoms with van der Waals surface area (Å²) in [6, 6.07) is 8.63. The van der Waals surface area contributed by atoms with Gasteiger partial charge in [-0.3, -0.25) is 14.3 Å².